The minimum atomic E-state index is -0.615. The standard InChI is InChI=1S/C16H25N3O4/c1-4-9(2)10(3)12-5-6-14(23-12)19-8-11(7-13(17)20)15(21)18-16(19)22/h8-10,12,14H,4-7H2,1-3H3,(H2,17,20)(H,18,21,22)/t9?,10?,12?,14-/m1/s1. The van der Waals surface area contributed by atoms with E-state index in [1.54, 1.807) is 0 Å². The molecule has 23 heavy (non-hydrogen) atoms. The second-order valence-electron chi connectivity index (χ2n) is 6.42. The van der Waals surface area contributed by atoms with Gasteiger partial charge in [0.05, 0.1) is 12.5 Å². The third-order valence-electron chi connectivity index (χ3n) is 4.87. The monoisotopic (exact) mass is 323 g/mol. The molecule has 1 amide bonds. The van der Waals surface area contributed by atoms with Gasteiger partial charge in [0.25, 0.3) is 5.56 Å². The van der Waals surface area contributed by atoms with Crippen LogP contribution in [0.2, 0.25) is 0 Å². The average molecular weight is 323 g/mol. The Balaban J connectivity index is 2.21. The van der Waals surface area contributed by atoms with Crippen LogP contribution in [-0.2, 0) is 16.0 Å². The lowest BCUT2D eigenvalue weighted by Gasteiger charge is -2.25. The Morgan fingerprint density at radius 1 is 1.43 bits per heavy atom. The fourth-order valence-corrected chi connectivity index (χ4v) is 3.03. The lowest BCUT2D eigenvalue weighted by atomic mass is 9.88. The number of carbonyl (C=O) groups excluding carboxylic acids is 1. The summed E-state index contributed by atoms with van der Waals surface area (Å²) in [4.78, 5) is 37.0. The molecule has 1 aliphatic heterocycles. The fraction of sp³-hybridized carbons (Fsp3) is 0.688. The Morgan fingerprint density at radius 3 is 2.74 bits per heavy atom. The number of nitrogens with zero attached hydrogens (tertiary/aromatic N) is 1. The summed E-state index contributed by atoms with van der Waals surface area (Å²) >= 11 is 0. The van der Waals surface area contributed by atoms with E-state index in [-0.39, 0.29) is 18.1 Å². The molecule has 2 heterocycles. The van der Waals surface area contributed by atoms with Crippen molar-refractivity contribution in [3.63, 3.8) is 0 Å². The van der Waals surface area contributed by atoms with Crippen molar-refractivity contribution in [2.24, 2.45) is 17.6 Å². The topological polar surface area (TPSA) is 107 Å². The number of hydrogen-bond acceptors (Lipinski definition) is 4. The maximum absolute atomic E-state index is 12.0. The van der Waals surface area contributed by atoms with E-state index in [0.717, 1.165) is 12.8 Å². The van der Waals surface area contributed by atoms with E-state index >= 15 is 0 Å². The number of hydrogen-bond donors (Lipinski definition) is 2. The van der Waals surface area contributed by atoms with Crippen molar-refractivity contribution in [1.29, 1.82) is 0 Å². The van der Waals surface area contributed by atoms with E-state index in [2.05, 4.69) is 25.8 Å². The molecule has 0 aliphatic carbocycles. The molecule has 2 rings (SSSR count). The Bertz CT molecular complexity index is 679. The van der Waals surface area contributed by atoms with Gasteiger partial charge in [-0.1, -0.05) is 27.2 Å². The molecule has 7 heteroatoms. The van der Waals surface area contributed by atoms with Gasteiger partial charge in [-0.15, -0.1) is 0 Å². The predicted molar refractivity (Wildman–Crippen MR) is 86.0 cm³/mol. The van der Waals surface area contributed by atoms with Crippen molar-refractivity contribution < 1.29 is 9.53 Å². The molecule has 0 saturated carbocycles. The second kappa shape index (κ2) is 7.12. The first-order valence-electron chi connectivity index (χ1n) is 8.11. The normalized spacial score (nSPS) is 23.6. The van der Waals surface area contributed by atoms with Crippen LogP contribution in [0.4, 0.5) is 0 Å². The Hall–Kier alpha value is -1.89. The predicted octanol–water partition coefficient (Wildman–Crippen LogP) is 0.924. The van der Waals surface area contributed by atoms with Crippen molar-refractivity contribution >= 4 is 5.91 Å². The molecule has 1 aliphatic rings. The first-order valence-corrected chi connectivity index (χ1v) is 8.11. The number of H-pyrrole nitrogens is 1. The SMILES string of the molecule is CCC(C)C(C)C1CC[C@H](n2cc(CC(N)=O)c(=O)[nH]c2=O)O1. The van der Waals surface area contributed by atoms with Crippen LogP contribution in [0.5, 0.6) is 0 Å². The molecular formula is C16H25N3O4. The molecule has 7 nitrogen and oxygen atoms in total. The van der Waals surface area contributed by atoms with Gasteiger partial charge >= 0.3 is 5.69 Å². The molecule has 1 fully saturated rings. The summed E-state index contributed by atoms with van der Waals surface area (Å²) in [6.07, 6.45) is 3.52. The third kappa shape index (κ3) is 3.90. The molecule has 1 aromatic rings. The van der Waals surface area contributed by atoms with Gasteiger partial charge in [-0.2, -0.15) is 0 Å². The number of aromatic amines is 1. The zero-order valence-corrected chi connectivity index (χ0v) is 13.9. The minimum Gasteiger partial charge on any atom is -0.369 e. The highest BCUT2D eigenvalue weighted by Gasteiger charge is 2.33. The summed E-state index contributed by atoms with van der Waals surface area (Å²) in [5.41, 5.74) is 4.22. The van der Waals surface area contributed by atoms with E-state index in [1.165, 1.54) is 10.8 Å². The second-order valence-corrected chi connectivity index (χ2v) is 6.42. The van der Waals surface area contributed by atoms with Crippen molar-refractivity contribution in [1.82, 2.24) is 9.55 Å². The van der Waals surface area contributed by atoms with E-state index < -0.39 is 23.4 Å². The van der Waals surface area contributed by atoms with Crippen LogP contribution in [0.15, 0.2) is 15.8 Å². The van der Waals surface area contributed by atoms with Gasteiger partial charge in [0.15, 0.2) is 0 Å². The van der Waals surface area contributed by atoms with Crippen LogP contribution >= 0.6 is 0 Å². The van der Waals surface area contributed by atoms with Crippen molar-refractivity contribution in [3.8, 4) is 0 Å². The van der Waals surface area contributed by atoms with Gasteiger partial charge in [-0.3, -0.25) is 19.1 Å². The highest BCUT2D eigenvalue weighted by molar-refractivity contribution is 5.76. The highest BCUT2D eigenvalue weighted by atomic mass is 16.5. The zero-order valence-electron chi connectivity index (χ0n) is 13.9. The highest BCUT2D eigenvalue weighted by Crippen LogP contribution is 2.34. The van der Waals surface area contributed by atoms with Gasteiger partial charge < -0.3 is 10.5 Å². The molecular weight excluding hydrogens is 298 g/mol. The lowest BCUT2D eigenvalue weighted by Crippen LogP contribution is -2.35. The molecule has 1 aromatic heterocycles. The van der Waals surface area contributed by atoms with Crippen LogP contribution in [0, 0.1) is 11.8 Å². The van der Waals surface area contributed by atoms with Crippen molar-refractivity contribution in [2.75, 3.05) is 0 Å². The first-order chi connectivity index (χ1) is 10.8. The smallest absolute Gasteiger partial charge is 0.330 e. The molecule has 4 atom stereocenters. The first kappa shape index (κ1) is 17.5. The van der Waals surface area contributed by atoms with Crippen LogP contribution < -0.4 is 17.0 Å². The van der Waals surface area contributed by atoms with E-state index in [1.807, 2.05) is 0 Å². The number of aromatic nitrogens is 2. The van der Waals surface area contributed by atoms with E-state index in [0.29, 0.717) is 18.3 Å². The molecule has 128 valence electrons. The molecule has 0 spiro atoms. The van der Waals surface area contributed by atoms with Crippen molar-refractivity contribution in [3.05, 3.63) is 32.6 Å². The summed E-state index contributed by atoms with van der Waals surface area (Å²) in [5, 5.41) is 0. The van der Waals surface area contributed by atoms with Crippen LogP contribution in [0.1, 0.15) is 51.8 Å². The molecule has 0 aromatic carbocycles. The van der Waals surface area contributed by atoms with Gasteiger partial charge in [-0.25, -0.2) is 4.79 Å². The lowest BCUT2D eigenvalue weighted by molar-refractivity contribution is -0.117. The number of amides is 1. The molecule has 3 N–H and O–H groups in total. The Morgan fingerprint density at radius 2 is 2.13 bits per heavy atom. The number of ether oxygens (including phenoxy) is 1. The summed E-state index contributed by atoms with van der Waals surface area (Å²) in [6.45, 7) is 6.50. The third-order valence-corrected chi connectivity index (χ3v) is 4.87. The quantitative estimate of drug-likeness (QED) is 0.811. The zero-order chi connectivity index (χ0) is 17.1. The van der Waals surface area contributed by atoms with Crippen LogP contribution in [0.25, 0.3) is 0 Å². The van der Waals surface area contributed by atoms with E-state index in [4.69, 9.17) is 10.5 Å². The largest absolute Gasteiger partial charge is 0.369 e. The van der Waals surface area contributed by atoms with Crippen LogP contribution in [0.3, 0.4) is 0 Å². The van der Waals surface area contributed by atoms with Crippen molar-refractivity contribution in [2.45, 2.75) is 58.8 Å². The maximum Gasteiger partial charge on any atom is 0.330 e. The summed E-state index contributed by atoms with van der Waals surface area (Å²) < 4.78 is 7.40. The summed E-state index contributed by atoms with van der Waals surface area (Å²) in [5.74, 6) is 0.321. The number of nitrogens with two attached hydrogens (primary N) is 1. The van der Waals surface area contributed by atoms with Crippen LogP contribution in [-0.4, -0.2) is 21.6 Å². The summed E-state index contributed by atoms with van der Waals surface area (Å²) in [7, 11) is 0. The Kier molecular flexibility index (Phi) is 5.41. The number of nitrogens with one attached hydrogen (secondary N) is 1. The summed E-state index contributed by atoms with van der Waals surface area (Å²) in [6, 6.07) is 0. The van der Waals surface area contributed by atoms with Gasteiger partial charge in [-0.05, 0) is 24.7 Å². The van der Waals surface area contributed by atoms with Gasteiger partial charge in [0.2, 0.25) is 5.91 Å². The van der Waals surface area contributed by atoms with Gasteiger partial charge in [0, 0.05) is 11.8 Å². The van der Waals surface area contributed by atoms with Gasteiger partial charge in [0.1, 0.15) is 6.23 Å². The maximum atomic E-state index is 12.0. The fourth-order valence-electron chi connectivity index (χ4n) is 3.03. The number of rotatable bonds is 6. The minimum absolute atomic E-state index is 0.0911. The van der Waals surface area contributed by atoms with E-state index in [9.17, 15) is 14.4 Å². The molecule has 0 radical (unpaired) electrons. The molecule has 3 unspecified atom stereocenters. The number of carbonyl (C=O) groups is 1. The molecule has 1 saturated heterocycles. The number of primary amides is 1. The molecule has 0 bridgehead atoms. The Labute approximate surface area is 134 Å². The average Bonchev–Trinajstić information content (AvgIpc) is 2.97.